The number of ether oxygens (including phenoxy) is 1. The molecule has 0 bridgehead atoms. The second-order valence-electron chi connectivity index (χ2n) is 6.22. The second kappa shape index (κ2) is 6.97. The molecule has 0 saturated heterocycles. The molecule has 1 aliphatic heterocycles. The van der Waals surface area contributed by atoms with E-state index >= 15 is 0 Å². The number of carbonyl (C=O) groups excluding carboxylic acids is 1. The third-order valence-corrected chi connectivity index (χ3v) is 3.92. The van der Waals surface area contributed by atoms with Crippen molar-refractivity contribution in [1.82, 2.24) is 0 Å². The Labute approximate surface area is 132 Å². The zero-order valence-corrected chi connectivity index (χ0v) is 13.7. The third-order valence-electron chi connectivity index (χ3n) is 3.92. The van der Waals surface area contributed by atoms with E-state index in [9.17, 15) is 4.79 Å². The van der Waals surface area contributed by atoms with E-state index in [0.717, 1.165) is 23.4 Å². The van der Waals surface area contributed by atoms with Crippen LogP contribution in [0.25, 0.3) is 0 Å². The predicted octanol–water partition coefficient (Wildman–Crippen LogP) is 3.42. The van der Waals surface area contributed by atoms with E-state index in [1.54, 1.807) is 11.0 Å². The number of hydrogen-bond donors (Lipinski definition) is 1. The Balaban J connectivity index is 2.37. The normalized spacial score (nSPS) is 18.9. The van der Waals surface area contributed by atoms with Gasteiger partial charge in [-0.15, -0.1) is 6.58 Å². The monoisotopic (exact) mass is 302 g/mol. The molecule has 0 fully saturated rings. The van der Waals surface area contributed by atoms with Crippen molar-refractivity contribution in [1.29, 1.82) is 0 Å². The van der Waals surface area contributed by atoms with Crippen LogP contribution in [0, 0.1) is 5.92 Å². The highest BCUT2D eigenvalue weighted by molar-refractivity contribution is 6.00. The Hall–Kier alpha value is -1.81. The SMILES string of the molecule is C=CCN1C(=O)C(CC)Oc2ccc(C(N)CC(C)C)cc21. The lowest BCUT2D eigenvalue weighted by atomic mass is 9.96. The highest BCUT2D eigenvalue weighted by Crippen LogP contribution is 2.37. The largest absolute Gasteiger partial charge is 0.478 e. The molecule has 120 valence electrons. The molecule has 0 radical (unpaired) electrons. The first-order valence-corrected chi connectivity index (χ1v) is 7.96. The molecule has 0 saturated carbocycles. The maximum absolute atomic E-state index is 12.5. The van der Waals surface area contributed by atoms with E-state index in [-0.39, 0.29) is 11.9 Å². The van der Waals surface area contributed by atoms with Gasteiger partial charge >= 0.3 is 0 Å². The molecule has 22 heavy (non-hydrogen) atoms. The van der Waals surface area contributed by atoms with Crippen molar-refractivity contribution >= 4 is 11.6 Å². The Morgan fingerprint density at radius 1 is 1.45 bits per heavy atom. The summed E-state index contributed by atoms with van der Waals surface area (Å²) >= 11 is 0. The number of anilines is 1. The lowest BCUT2D eigenvalue weighted by Crippen LogP contribution is -2.45. The summed E-state index contributed by atoms with van der Waals surface area (Å²) in [5, 5.41) is 0. The lowest BCUT2D eigenvalue weighted by Gasteiger charge is -2.34. The quantitative estimate of drug-likeness (QED) is 0.819. The zero-order valence-electron chi connectivity index (χ0n) is 13.7. The van der Waals surface area contributed by atoms with E-state index < -0.39 is 6.10 Å². The summed E-state index contributed by atoms with van der Waals surface area (Å²) in [6.07, 6.45) is 2.88. The van der Waals surface area contributed by atoms with Crippen molar-refractivity contribution in [2.75, 3.05) is 11.4 Å². The van der Waals surface area contributed by atoms with Crippen LogP contribution in [0.3, 0.4) is 0 Å². The highest BCUT2D eigenvalue weighted by Gasteiger charge is 2.33. The summed E-state index contributed by atoms with van der Waals surface area (Å²) in [7, 11) is 0. The second-order valence-corrected chi connectivity index (χ2v) is 6.22. The molecule has 0 aromatic heterocycles. The first-order chi connectivity index (χ1) is 10.5. The van der Waals surface area contributed by atoms with Crippen LogP contribution in [0.5, 0.6) is 5.75 Å². The zero-order chi connectivity index (χ0) is 16.3. The topological polar surface area (TPSA) is 55.6 Å². The molecular formula is C18H26N2O2. The fourth-order valence-corrected chi connectivity index (χ4v) is 2.79. The molecule has 2 atom stereocenters. The standard InChI is InChI=1S/C18H26N2O2/c1-5-9-20-15-11-13(14(19)10-12(3)4)7-8-17(15)22-16(6-2)18(20)21/h5,7-8,11-12,14,16H,1,6,9-10,19H2,2-4H3. The van der Waals surface area contributed by atoms with Crippen LogP contribution in [0.15, 0.2) is 30.9 Å². The molecule has 1 heterocycles. The molecule has 2 rings (SSSR count). The van der Waals surface area contributed by atoms with Crippen LogP contribution < -0.4 is 15.4 Å². The number of benzene rings is 1. The molecule has 1 aromatic rings. The van der Waals surface area contributed by atoms with Gasteiger partial charge in [-0.1, -0.05) is 32.9 Å². The van der Waals surface area contributed by atoms with Gasteiger partial charge < -0.3 is 15.4 Å². The van der Waals surface area contributed by atoms with Gasteiger partial charge in [0, 0.05) is 12.6 Å². The van der Waals surface area contributed by atoms with Gasteiger partial charge in [0.05, 0.1) is 5.69 Å². The van der Waals surface area contributed by atoms with Crippen molar-refractivity contribution in [3.8, 4) is 5.75 Å². The van der Waals surface area contributed by atoms with E-state index in [1.165, 1.54) is 0 Å². The minimum atomic E-state index is -0.414. The molecule has 2 N–H and O–H groups in total. The fraction of sp³-hybridized carbons (Fsp3) is 0.500. The average Bonchev–Trinajstić information content (AvgIpc) is 2.48. The summed E-state index contributed by atoms with van der Waals surface area (Å²) < 4.78 is 5.82. The van der Waals surface area contributed by atoms with E-state index in [4.69, 9.17) is 10.5 Å². The smallest absolute Gasteiger partial charge is 0.268 e. The summed E-state index contributed by atoms with van der Waals surface area (Å²) in [5.41, 5.74) is 8.10. The van der Waals surface area contributed by atoms with E-state index in [1.807, 2.05) is 25.1 Å². The van der Waals surface area contributed by atoms with Crippen LogP contribution in [0.4, 0.5) is 5.69 Å². The predicted molar refractivity (Wildman–Crippen MR) is 90.1 cm³/mol. The number of rotatable bonds is 6. The third kappa shape index (κ3) is 3.33. The van der Waals surface area contributed by atoms with Crippen LogP contribution in [-0.4, -0.2) is 18.6 Å². The van der Waals surface area contributed by atoms with Crippen LogP contribution in [0.1, 0.15) is 45.2 Å². The maximum atomic E-state index is 12.5. The van der Waals surface area contributed by atoms with Crippen molar-refractivity contribution in [3.05, 3.63) is 36.4 Å². The maximum Gasteiger partial charge on any atom is 0.268 e. The Morgan fingerprint density at radius 2 is 2.18 bits per heavy atom. The molecule has 1 amide bonds. The molecule has 1 aromatic carbocycles. The minimum Gasteiger partial charge on any atom is -0.478 e. The number of hydrogen-bond acceptors (Lipinski definition) is 3. The van der Waals surface area contributed by atoms with Crippen molar-refractivity contribution < 1.29 is 9.53 Å². The van der Waals surface area contributed by atoms with Crippen LogP contribution in [-0.2, 0) is 4.79 Å². The van der Waals surface area contributed by atoms with Gasteiger partial charge in [-0.3, -0.25) is 4.79 Å². The van der Waals surface area contributed by atoms with Gasteiger partial charge in [0.25, 0.3) is 5.91 Å². The minimum absolute atomic E-state index is 0.00974. The van der Waals surface area contributed by atoms with E-state index in [0.29, 0.717) is 18.9 Å². The first kappa shape index (κ1) is 16.6. The summed E-state index contributed by atoms with van der Waals surface area (Å²) in [6.45, 7) is 10.5. The van der Waals surface area contributed by atoms with Gasteiger partial charge in [-0.2, -0.15) is 0 Å². The van der Waals surface area contributed by atoms with Crippen LogP contribution in [0.2, 0.25) is 0 Å². The van der Waals surface area contributed by atoms with Gasteiger partial charge in [-0.05, 0) is 36.5 Å². The van der Waals surface area contributed by atoms with Gasteiger partial charge in [0.2, 0.25) is 0 Å². The van der Waals surface area contributed by atoms with Gasteiger partial charge in [0.1, 0.15) is 5.75 Å². The van der Waals surface area contributed by atoms with Crippen molar-refractivity contribution in [2.45, 2.75) is 45.8 Å². The van der Waals surface area contributed by atoms with Gasteiger partial charge in [0.15, 0.2) is 6.10 Å². The summed E-state index contributed by atoms with van der Waals surface area (Å²) in [6, 6.07) is 5.88. The first-order valence-electron chi connectivity index (χ1n) is 7.96. The summed E-state index contributed by atoms with van der Waals surface area (Å²) in [4.78, 5) is 14.2. The van der Waals surface area contributed by atoms with Crippen LogP contribution >= 0.6 is 0 Å². The Bertz CT molecular complexity index is 554. The summed E-state index contributed by atoms with van der Waals surface area (Å²) in [5.74, 6) is 1.26. The number of nitrogens with zero attached hydrogens (tertiary/aromatic N) is 1. The molecule has 0 spiro atoms. The molecule has 1 aliphatic rings. The molecule has 0 aliphatic carbocycles. The van der Waals surface area contributed by atoms with E-state index in [2.05, 4.69) is 20.4 Å². The molecule has 4 nitrogen and oxygen atoms in total. The number of amides is 1. The average molecular weight is 302 g/mol. The number of fused-ring (bicyclic) bond motifs is 1. The van der Waals surface area contributed by atoms with Crippen molar-refractivity contribution in [3.63, 3.8) is 0 Å². The fourth-order valence-electron chi connectivity index (χ4n) is 2.79. The Morgan fingerprint density at radius 3 is 2.77 bits per heavy atom. The number of carbonyl (C=O) groups is 1. The molecule has 4 heteroatoms. The van der Waals surface area contributed by atoms with Crippen molar-refractivity contribution in [2.24, 2.45) is 11.7 Å². The molecular weight excluding hydrogens is 276 g/mol. The lowest BCUT2D eigenvalue weighted by molar-refractivity contribution is -0.126. The Kier molecular flexibility index (Phi) is 5.24. The van der Waals surface area contributed by atoms with Gasteiger partial charge in [-0.25, -0.2) is 0 Å². The number of nitrogens with two attached hydrogens (primary N) is 1. The molecule has 2 unspecified atom stereocenters. The highest BCUT2D eigenvalue weighted by atomic mass is 16.5.